The van der Waals surface area contributed by atoms with Crippen molar-refractivity contribution in [2.45, 2.75) is 43.9 Å². The molecule has 3 rings (SSSR count). The Morgan fingerprint density at radius 2 is 1.81 bits per heavy atom. The number of benzene rings is 1. The molecule has 0 radical (unpaired) electrons. The average Bonchev–Trinajstić information content (AvgIpc) is 2.64. The summed E-state index contributed by atoms with van der Waals surface area (Å²) >= 11 is 6.76. The number of hydrogen-bond donors (Lipinski definition) is 0. The van der Waals surface area contributed by atoms with Crippen LogP contribution in [0.15, 0.2) is 12.1 Å². The highest BCUT2D eigenvalue weighted by molar-refractivity contribution is 14.1. The van der Waals surface area contributed by atoms with Gasteiger partial charge in [-0.25, -0.2) is 4.79 Å². The molecule has 6 heteroatoms. The minimum atomic E-state index is -0.162. The smallest absolute Gasteiger partial charge is 0.339 e. The molecule has 2 unspecified atom stereocenters. The summed E-state index contributed by atoms with van der Waals surface area (Å²) in [6, 6.07) is 5.19. The first-order chi connectivity index (χ1) is 9.95. The zero-order valence-corrected chi connectivity index (χ0v) is 18.1. The quantitative estimate of drug-likeness (QED) is 0.280. The highest BCUT2D eigenvalue weighted by Crippen LogP contribution is 2.36. The van der Waals surface area contributed by atoms with Crippen LogP contribution in [-0.2, 0) is 4.74 Å². The molecular formula is C15H16I3NO2. The molecule has 3 nitrogen and oxygen atoms in total. The second-order valence-electron chi connectivity index (χ2n) is 5.80. The van der Waals surface area contributed by atoms with Crippen molar-refractivity contribution < 1.29 is 9.53 Å². The van der Waals surface area contributed by atoms with E-state index in [9.17, 15) is 4.79 Å². The molecule has 1 aromatic rings. The van der Waals surface area contributed by atoms with E-state index in [-0.39, 0.29) is 12.1 Å². The van der Waals surface area contributed by atoms with Crippen molar-refractivity contribution in [1.29, 1.82) is 0 Å². The van der Waals surface area contributed by atoms with E-state index in [0.717, 1.165) is 23.6 Å². The number of piperidine rings is 1. The van der Waals surface area contributed by atoms with E-state index < -0.39 is 0 Å². The second-order valence-corrected chi connectivity index (χ2v) is 9.28. The third-order valence-electron chi connectivity index (χ3n) is 4.54. The minimum Gasteiger partial charge on any atom is -0.459 e. The van der Waals surface area contributed by atoms with Crippen LogP contribution in [0.25, 0.3) is 0 Å². The number of carbonyl (C=O) groups excluding carboxylic acids is 1. The van der Waals surface area contributed by atoms with E-state index in [4.69, 9.17) is 4.74 Å². The summed E-state index contributed by atoms with van der Waals surface area (Å²) < 4.78 is 9.00. The molecule has 0 amide bonds. The minimum absolute atomic E-state index is 0.0810. The Hall–Kier alpha value is 0.840. The summed E-state index contributed by atoms with van der Waals surface area (Å²) in [4.78, 5) is 15.0. The number of fused-ring (bicyclic) bond motifs is 2. The van der Waals surface area contributed by atoms with Crippen LogP contribution in [0, 0.1) is 10.7 Å². The highest BCUT2D eigenvalue weighted by Gasteiger charge is 2.40. The van der Waals surface area contributed by atoms with Gasteiger partial charge in [0.2, 0.25) is 0 Å². The molecule has 1 aromatic carbocycles. The van der Waals surface area contributed by atoms with Gasteiger partial charge in [-0.2, -0.15) is 0 Å². The van der Waals surface area contributed by atoms with E-state index in [1.165, 1.54) is 12.8 Å². The van der Waals surface area contributed by atoms with Gasteiger partial charge in [-0.15, -0.1) is 0 Å². The lowest BCUT2D eigenvalue weighted by Crippen LogP contribution is -2.43. The van der Waals surface area contributed by atoms with Crippen LogP contribution in [0.4, 0.5) is 0 Å². The van der Waals surface area contributed by atoms with Gasteiger partial charge in [0.05, 0.1) is 5.56 Å². The Morgan fingerprint density at radius 3 is 2.43 bits per heavy atom. The van der Waals surface area contributed by atoms with E-state index in [2.05, 4.69) is 85.8 Å². The number of hydrogen-bond acceptors (Lipinski definition) is 3. The van der Waals surface area contributed by atoms with Crippen molar-refractivity contribution >= 4 is 73.7 Å². The summed E-state index contributed by atoms with van der Waals surface area (Å²) in [6.45, 7) is 0. The Labute approximate surface area is 166 Å². The van der Waals surface area contributed by atoms with E-state index >= 15 is 0 Å². The van der Waals surface area contributed by atoms with Gasteiger partial charge >= 0.3 is 5.97 Å². The van der Waals surface area contributed by atoms with Gasteiger partial charge < -0.3 is 9.64 Å². The van der Waals surface area contributed by atoms with Crippen molar-refractivity contribution in [2.75, 3.05) is 7.05 Å². The van der Waals surface area contributed by atoms with Crippen LogP contribution in [0.1, 0.15) is 36.0 Å². The molecule has 2 fully saturated rings. The molecule has 0 spiro atoms. The Bertz CT molecular complexity index is 564. The predicted molar refractivity (Wildman–Crippen MR) is 108 cm³/mol. The number of esters is 1. The van der Waals surface area contributed by atoms with E-state index in [1.54, 1.807) is 0 Å². The third kappa shape index (κ3) is 3.52. The summed E-state index contributed by atoms with van der Waals surface area (Å²) in [6.07, 6.45) is 4.53. The van der Waals surface area contributed by atoms with Crippen LogP contribution < -0.4 is 0 Å². The van der Waals surface area contributed by atoms with E-state index in [1.807, 2.05) is 6.07 Å². The zero-order valence-electron chi connectivity index (χ0n) is 11.6. The molecule has 114 valence electrons. The summed E-state index contributed by atoms with van der Waals surface area (Å²) in [5.74, 6) is -0.162. The second kappa shape index (κ2) is 6.76. The van der Waals surface area contributed by atoms with Gasteiger partial charge in [0, 0.05) is 35.6 Å². The molecule has 0 N–H and O–H groups in total. The monoisotopic (exact) mass is 623 g/mol. The van der Waals surface area contributed by atoms with Crippen molar-refractivity contribution in [3.8, 4) is 0 Å². The Kier molecular flexibility index (Phi) is 5.37. The molecule has 2 atom stereocenters. The number of ether oxygens (including phenoxy) is 1. The van der Waals surface area contributed by atoms with Gasteiger partial charge in [-0.3, -0.25) is 0 Å². The van der Waals surface area contributed by atoms with Crippen LogP contribution in [-0.4, -0.2) is 36.1 Å². The SMILES string of the molecule is CN1C2CCC1CC(OC(=O)c1cc(I)cc(I)c1I)C2. The fourth-order valence-corrected chi connectivity index (χ4v) is 5.75. The van der Waals surface area contributed by atoms with Gasteiger partial charge in [-0.1, -0.05) is 0 Å². The van der Waals surface area contributed by atoms with Crippen molar-refractivity contribution in [3.05, 3.63) is 28.4 Å². The molecule has 21 heavy (non-hydrogen) atoms. The highest BCUT2D eigenvalue weighted by atomic mass is 127. The first kappa shape index (κ1) is 16.7. The van der Waals surface area contributed by atoms with Gasteiger partial charge in [0.1, 0.15) is 6.10 Å². The van der Waals surface area contributed by atoms with Gasteiger partial charge in [-0.05, 0) is 99.8 Å². The molecule has 2 heterocycles. The van der Waals surface area contributed by atoms with Crippen molar-refractivity contribution in [2.24, 2.45) is 0 Å². The van der Waals surface area contributed by atoms with Gasteiger partial charge in [0.15, 0.2) is 0 Å². The lowest BCUT2D eigenvalue weighted by molar-refractivity contribution is -0.000563. The molecule has 0 aromatic heterocycles. The maximum Gasteiger partial charge on any atom is 0.339 e. The molecule has 2 bridgehead atoms. The largest absolute Gasteiger partial charge is 0.459 e. The summed E-state index contributed by atoms with van der Waals surface area (Å²) in [7, 11) is 2.20. The first-order valence-corrected chi connectivity index (χ1v) is 10.3. The number of halogens is 3. The molecule has 2 aliphatic rings. The first-order valence-electron chi connectivity index (χ1n) is 7.03. The molecule has 0 saturated carbocycles. The third-order valence-corrected chi connectivity index (χ3v) is 8.21. The predicted octanol–water partition coefficient (Wildman–Crippen LogP) is 4.28. The van der Waals surface area contributed by atoms with Crippen LogP contribution in [0.2, 0.25) is 0 Å². The zero-order chi connectivity index (χ0) is 15.1. The molecule has 0 aliphatic carbocycles. The van der Waals surface area contributed by atoms with Gasteiger partial charge in [0.25, 0.3) is 0 Å². The fraction of sp³-hybridized carbons (Fsp3) is 0.533. The topological polar surface area (TPSA) is 29.5 Å². The summed E-state index contributed by atoms with van der Waals surface area (Å²) in [5, 5.41) is 0. The maximum atomic E-state index is 12.5. The Balaban J connectivity index is 1.73. The van der Waals surface area contributed by atoms with Crippen molar-refractivity contribution in [3.63, 3.8) is 0 Å². The van der Waals surface area contributed by atoms with Crippen LogP contribution in [0.3, 0.4) is 0 Å². The molecule has 2 aliphatic heterocycles. The maximum absolute atomic E-state index is 12.5. The van der Waals surface area contributed by atoms with Crippen LogP contribution >= 0.6 is 67.8 Å². The average molecular weight is 623 g/mol. The Morgan fingerprint density at radius 1 is 1.19 bits per heavy atom. The lowest BCUT2D eigenvalue weighted by atomic mass is 10.0. The summed E-state index contributed by atoms with van der Waals surface area (Å²) in [5.41, 5.74) is 0.707. The lowest BCUT2D eigenvalue weighted by Gasteiger charge is -2.35. The standard InChI is InChI=1S/C15H16I3NO2/c1-19-9-2-3-10(19)7-11(6-9)21-15(20)12-4-8(16)5-13(17)14(12)18/h4-5,9-11H,2-3,6-7H2,1H3. The molecule has 2 saturated heterocycles. The van der Waals surface area contributed by atoms with Crippen molar-refractivity contribution in [1.82, 2.24) is 4.90 Å². The van der Waals surface area contributed by atoms with E-state index in [0.29, 0.717) is 17.6 Å². The molecular weight excluding hydrogens is 607 g/mol. The number of nitrogens with zero attached hydrogens (tertiary/aromatic N) is 1. The fourth-order valence-electron chi connectivity index (χ4n) is 3.38. The number of carbonyl (C=O) groups is 1. The number of rotatable bonds is 2. The van der Waals surface area contributed by atoms with Crippen LogP contribution in [0.5, 0.6) is 0 Å². The normalized spacial score (nSPS) is 28.7.